The predicted octanol–water partition coefficient (Wildman–Crippen LogP) is 3.85. The zero-order chi connectivity index (χ0) is 24.1. The molecule has 0 bridgehead atoms. The fourth-order valence-electron chi connectivity index (χ4n) is 4.51. The Bertz CT molecular complexity index is 1540. The van der Waals surface area contributed by atoms with Crippen LogP contribution < -0.4 is 30.3 Å². The largest absolute Gasteiger partial charge is 0.497 e. The summed E-state index contributed by atoms with van der Waals surface area (Å²) in [4.78, 5) is 26.1. The molecule has 1 unspecified atom stereocenters. The SMILES string of the molecule is COc1ccc(C2C(C(C)=O)=C(N)Oc3c2c(=O)oc2c(OC)c4occc4c(OC)c32)cc1. The summed E-state index contributed by atoms with van der Waals surface area (Å²) in [7, 11) is 4.47. The number of allylic oxidation sites excluding steroid dienone is 1. The van der Waals surface area contributed by atoms with Crippen molar-refractivity contribution in [1.29, 1.82) is 0 Å². The van der Waals surface area contributed by atoms with E-state index in [-0.39, 0.29) is 39.9 Å². The lowest BCUT2D eigenvalue weighted by Crippen LogP contribution is -2.29. The molecule has 0 fully saturated rings. The molecule has 0 aliphatic carbocycles. The van der Waals surface area contributed by atoms with Crippen molar-refractivity contribution < 1.29 is 32.6 Å². The number of benzene rings is 2. The second-order valence-corrected chi connectivity index (χ2v) is 7.71. The number of hydrogen-bond acceptors (Lipinski definition) is 9. The van der Waals surface area contributed by atoms with Crippen LogP contribution in [0.4, 0.5) is 0 Å². The Kier molecular flexibility index (Phi) is 4.97. The highest BCUT2D eigenvalue weighted by atomic mass is 16.5. The molecule has 9 heteroatoms. The van der Waals surface area contributed by atoms with Crippen LogP contribution in [0.15, 0.2) is 61.7 Å². The fourth-order valence-corrected chi connectivity index (χ4v) is 4.51. The van der Waals surface area contributed by atoms with E-state index in [1.54, 1.807) is 37.4 Å². The number of nitrogens with two attached hydrogens (primary N) is 1. The molecule has 34 heavy (non-hydrogen) atoms. The van der Waals surface area contributed by atoms with Crippen molar-refractivity contribution in [3.8, 4) is 23.0 Å². The molecule has 174 valence electrons. The van der Waals surface area contributed by atoms with Crippen molar-refractivity contribution in [3.63, 3.8) is 0 Å². The van der Waals surface area contributed by atoms with E-state index in [0.717, 1.165) is 0 Å². The van der Waals surface area contributed by atoms with Crippen LogP contribution >= 0.6 is 0 Å². The molecule has 2 aromatic carbocycles. The zero-order valence-electron chi connectivity index (χ0n) is 18.9. The standard InChI is InChI=1S/C25H21NO8/c1-11(27)15-16(12-5-7-13(29-2)8-6-12)17-21(33-24(15)26)18-19(30-3)14-9-10-32-20(14)23(31-4)22(18)34-25(17)28/h5-10,16H,26H2,1-4H3. The third kappa shape index (κ3) is 2.93. The van der Waals surface area contributed by atoms with E-state index in [2.05, 4.69) is 0 Å². The molecular weight excluding hydrogens is 442 g/mol. The van der Waals surface area contributed by atoms with Gasteiger partial charge in [-0.3, -0.25) is 4.79 Å². The first-order valence-electron chi connectivity index (χ1n) is 10.3. The van der Waals surface area contributed by atoms with E-state index in [1.165, 1.54) is 27.4 Å². The Morgan fingerprint density at radius 3 is 2.29 bits per heavy atom. The highest BCUT2D eigenvalue weighted by Gasteiger charge is 2.39. The van der Waals surface area contributed by atoms with Gasteiger partial charge in [-0.05, 0) is 30.7 Å². The van der Waals surface area contributed by atoms with Crippen LogP contribution in [0, 0.1) is 0 Å². The van der Waals surface area contributed by atoms with Crippen molar-refractivity contribution in [2.45, 2.75) is 12.8 Å². The molecule has 5 rings (SSSR count). The van der Waals surface area contributed by atoms with Gasteiger partial charge in [-0.1, -0.05) is 12.1 Å². The van der Waals surface area contributed by atoms with E-state index in [1.807, 2.05) is 0 Å². The minimum atomic E-state index is -0.830. The molecule has 9 nitrogen and oxygen atoms in total. The summed E-state index contributed by atoms with van der Waals surface area (Å²) in [6.45, 7) is 1.37. The number of rotatable bonds is 5. The van der Waals surface area contributed by atoms with Crippen LogP contribution in [0.5, 0.6) is 23.0 Å². The van der Waals surface area contributed by atoms with E-state index in [4.69, 9.17) is 33.5 Å². The molecule has 0 amide bonds. The van der Waals surface area contributed by atoms with Gasteiger partial charge >= 0.3 is 5.63 Å². The average molecular weight is 463 g/mol. The number of Topliss-reactive ketones (excluding diaryl/α,β-unsaturated/α-hetero) is 1. The number of ether oxygens (including phenoxy) is 4. The maximum Gasteiger partial charge on any atom is 0.344 e. The molecule has 0 saturated heterocycles. The van der Waals surface area contributed by atoms with E-state index >= 15 is 0 Å². The van der Waals surface area contributed by atoms with Crippen LogP contribution in [0.25, 0.3) is 21.9 Å². The van der Waals surface area contributed by atoms with Crippen LogP contribution in [0.2, 0.25) is 0 Å². The van der Waals surface area contributed by atoms with Crippen molar-refractivity contribution in [2.75, 3.05) is 21.3 Å². The first kappa shape index (κ1) is 21.4. The van der Waals surface area contributed by atoms with Crippen LogP contribution in [-0.4, -0.2) is 27.1 Å². The minimum absolute atomic E-state index is 0.0816. The number of carbonyl (C=O) groups is 1. The van der Waals surface area contributed by atoms with E-state index in [0.29, 0.717) is 33.4 Å². The Morgan fingerprint density at radius 1 is 0.971 bits per heavy atom. The van der Waals surface area contributed by atoms with Crippen molar-refractivity contribution >= 4 is 27.7 Å². The van der Waals surface area contributed by atoms with Gasteiger partial charge in [-0.2, -0.15) is 0 Å². The number of hydrogen-bond donors (Lipinski definition) is 1. The van der Waals surface area contributed by atoms with Gasteiger partial charge in [0.15, 0.2) is 28.6 Å². The van der Waals surface area contributed by atoms with Crippen LogP contribution in [0.3, 0.4) is 0 Å². The highest BCUT2D eigenvalue weighted by molar-refractivity contribution is 6.10. The van der Waals surface area contributed by atoms with Crippen LogP contribution in [-0.2, 0) is 4.79 Å². The summed E-state index contributed by atoms with van der Waals surface area (Å²) in [5, 5.41) is 0.930. The lowest BCUT2D eigenvalue weighted by molar-refractivity contribution is -0.114. The van der Waals surface area contributed by atoms with E-state index in [9.17, 15) is 9.59 Å². The zero-order valence-corrected chi connectivity index (χ0v) is 18.9. The summed E-state index contributed by atoms with van der Waals surface area (Å²) in [5.41, 5.74) is 6.91. The molecule has 0 radical (unpaired) electrons. The lowest BCUT2D eigenvalue weighted by atomic mass is 9.81. The Labute approximate surface area is 193 Å². The maximum absolute atomic E-state index is 13.4. The summed E-state index contributed by atoms with van der Waals surface area (Å²) in [5.74, 6) is 0.0414. The monoisotopic (exact) mass is 463 g/mol. The normalized spacial score (nSPS) is 15.2. The Balaban J connectivity index is 1.93. The topological polar surface area (TPSA) is 123 Å². The van der Waals surface area contributed by atoms with Gasteiger partial charge in [0.1, 0.15) is 16.9 Å². The second-order valence-electron chi connectivity index (χ2n) is 7.71. The summed E-state index contributed by atoms with van der Waals surface area (Å²) in [6.07, 6.45) is 1.47. The molecule has 2 N–H and O–H groups in total. The third-order valence-electron chi connectivity index (χ3n) is 5.95. The quantitative estimate of drug-likeness (QED) is 0.440. The number of furan rings is 1. The second kappa shape index (κ2) is 7.87. The number of fused-ring (bicyclic) bond motifs is 4. The molecule has 1 aliphatic rings. The number of carbonyl (C=O) groups excluding carboxylic acids is 1. The highest BCUT2D eigenvalue weighted by Crippen LogP contribution is 2.51. The van der Waals surface area contributed by atoms with Gasteiger partial charge in [0.05, 0.1) is 50.0 Å². The van der Waals surface area contributed by atoms with E-state index < -0.39 is 11.5 Å². The van der Waals surface area contributed by atoms with Crippen molar-refractivity contribution in [1.82, 2.24) is 0 Å². The molecule has 0 saturated carbocycles. The smallest absolute Gasteiger partial charge is 0.344 e. The number of methoxy groups -OCH3 is 3. The first-order valence-corrected chi connectivity index (χ1v) is 10.3. The molecule has 3 heterocycles. The molecule has 2 aromatic heterocycles. The number of ketones is 1. The Hall–Kier alpha value is -4.40. The van der Waals surface area contributed by atoms with Gasteiger partial charge in [0.2, 0.25) is 5.75 Å². The fraction of sp³-hybridized carbons (Fsp3) is 0.200. The van der Waals surface area contributed by atoms with Crippen molar-refractivity contribution in [2.24, 2.45) is 5.73 Å². The molecular formula is C25H21NO8. The Morgan fingerprint density at radius 2 is 1.68 bits per heavy atom. The maximum atomic E-state index is 13.4. The molecule has 1 aliphatic heterocycles. The molecule has 4 aromatic rings. The van der Waals surface area contributed by atoms with Gasteiger partial charge in [-0.15, -0.1) is 0 Å². The molecule has 0 spiro atoms. The summed E-state index contributed by atoms with van der Waals surface area (Å²) < 4.78 is 33.7. The average Bonchev–Trinajstić information content (AvgIpc) is 3.31. The van der Waals surface area contributed by atoms with Crippen molar-refractivity contribution in [3.05, 3.63) is 69.6 Å². The van der Waals surface area contributed by atoms with Gasteiger partial charge in [0.25, 0.3) is 0 Å². The lowest BCUT2D eigenvalue weighted by Gasteiger charge is -2.28. The predicted molar refractivity (Wildman–Crippen MR) is 123 cm³/mol. The van der Waals surface area contributed by atoms with Gasteiger partial charge < -0.3 is 33.5 Å². The van der Waals surface area contributed by atoms with Gasteiger partial charge in [-0.25, -0.2) is 4.79 Å². The first-order chi connectivity index (χ1) is 16.4. The van der Waals surface area contributed by atoms with Crippen LogP contribution in [0.1, 0.15) is 24.0 Å². The third-order valence-corrected chi connectivity index (χ3v) is 5.95. The summed E-state index contributed by atoms with van der Waals surface area (Å²) >= 11 is 0. The van der Waals surface area contributed by atoms with Gasteiger partial charge in [0, 0.05) is 0 Å². The molecule has 1 atom stereocenters. The summed E-state index contributed by atoms with van der Waals surface area (Å²) in [6, 6.07) is 8.70. The minimum Gasteiger partial charge on any atom is -0.497 e.